The summed E-state index contributed by atoms with van der Waals surface area (Å²) in [5.74, 6) is 0.657. The third kappa shape index (κ3) is 1.80. The first-order valence-electron chi connectivity index (χ1n) is 4.93. The predicted molar refractivity (Wildman–Crippen MR) is 54.3 cm³/mol. The van der Waals surface area contributed by atoms with E-state index >= 15 is 0 Å². The van der Waals surface area contributed by atoms with Crippen LogP contribution in [0.25, 0.3) is 0 Å². The SMILES string of the molecule is COc1ccc(C2(F)CC2)cc1CC#N. The van der Waals surface area contributed by atoms with Crippen molar-refractivity contribution < 1.29 is 9.13 Å². The van der Waals surface area contributed by atoms with Crippen molar-refractivity contribution in [1.29, 1.82) is 5.26 Å². The summed E-state index contributed by atoms with van der Waals surface area (Å²) >= 11 is 0. The summed E-state index contributed by atoms with van der Waals surface area (Å²) in [5, 5.41) is 8.65. The highest BCUT2D eigenvalue weighted by Gasteiger charge is 2.45. The van der Waals surface area contributed by atoms with E-state index in [0.717, 1.165) is 5.56 Å². The highest BCUT2D eigenvalue weighted by atomic mass is 19.1. The van der Waals surface area contributed by atoms with Crippen molar-refractivity contribution in [2.45, 2.75) is 24.9 Å². The van der Waals surface area contributed by atoms with Crippen LogP contribution in [0.15, 0.2) is 18.2 Å². The van der Waals surface area contributed by atoms with Gasteiger partial charge in [-0.1, -0.05) is 6.07 Å². The zero-order valence-corrected chi connectivity index (χ0v) is 8.59. The zero-order valence-electron chi connectivity index (χ0n) is 8.59. The van der Waals surface area contributed by atoms with E-state index in [0.29, 0.717) is 24.2 Å². The number of ether oxygens (including phenoxy) is 1. The maximum Gasteiger partial charge on any atom is 0.136 e. The van der Waals surface area contributed by atoms with Crippen LogP contribution in [-0.2, 0) is 12.1 Å². The molecule has 0 radical (unpaired) electrons. The van der Waals surface area contributed by atoms with Crippen molar-refractivity contribution in [3.05, 3.63) is 29.3 Å². The van der Waals surface area contributed by atoms with Gasteiger partial charge in [-0.15, -0.1) is 0 Å². The van der Waals surface area contributed by atoms with E-state index in [4.69, 9.17) is 10.00 Å². The Bertz CT molecular complexity index is 418. The number of methoxy groups -OCH3 is 1. The van der Waals surface area contributed by atoms with Crippen molar-refractivity contribution in [2.75, 3.05) is 7.11 Å². The van der Waals surface area contributed by atoms with Gasteiger partial charge in [0.05, 0.1) is 19.6 Å². The van der Waals surface area contributed by atoms with E-state index in [-0.39, 0.29) is 6.42 Å². The van der Waals surface area contributed by atoms with Gasteiger partial charge in [-0.25, -0.2) is 4.39 Å². The molecule has 78 valence electrons. The Kier molecular flexibility index (Phi) is 2.36. The average Bonchev–Trinajstić information content (AvgIpc) is 2.98. The molecule has 0 aromatic heterocycles. The molecule has 0 heterocycles. The van der Waals surface area contributed by atoms with Crippen LogP contribution in [0.1, 0.15) is 24.0 Å². The molecule has 1 saturated carbocycles. The van der Waals surface area contributed by atoms with Crippen LogP contribution in [0, 0.1) is 11.3 Å². The number of alkyl halides is 1. The molecule has 1 aromatic rings. The Hall–Kier alpha value is -1.56. The number of rotatable bonds is 3. The van der Waals surface area contributed by atoms with Crippen LogP contribution >= 0.6 is 0 Å². The lowest BCUT2D eigenvalue weighted by Gasteiger charge is -2.10. The first kappa shape index (κ1) is 9.97. The minimum absolute atomic E-state index is 0.257. The quantitative estimate of drug-likeness (QED) is 0.760. The molecule has 0 unspecified atom stereocenters. The lowest BCUT2D eigenvalue weighted by Crippen LogP contribution is -2.00. The van der Waals surface area contributed by atoms with Crippen molar-refractivity contribution >= 4 is 0 Å². The van der Waals surface area contributed by atoms with E-state index in [1.54, 1.807) is 25.3 Å². The maximum atomic E-state index is 13.8. The monoisotopic (exact) mass is 205 g/mol. The van der Waals surface area contributed by atoms with Gasteiger partial charge >= 0.3 is 0 Å². The molecule has 1 aliphatic rings. The highest BCUT2D eigenvalue weighted by molar-refractivity contribution is 5.42. The second-order valence-electron chi connectivity index (χ2n) is 3.83. The van der Waals surface area contributed by atoms with Gasteiger partial charge in [-0.2, -0.15) is 5.26 Å². The fourth-order valence-corrected chi connectivity index (χ4v) is 1.68. The van der Waals surface area contributed by atoms with Gasteiger partial charge in [0.15, 0.2) is 0 Å². The molecule has 0 amide bonds. The second kappa shape index (κ2) is 3.54. The summed E-state index contributed by atoms with van der Waals surface area (Å²) in [6, 6.07) is 7.28. The largest absolute Gasteiger partial charge is 0.496 e. The van der Waals surface area contributed by atoms with Crippen molar-refractivity contribution in [1.82, 2.24) is 0 Å². The van der Waals surface area contributed by atoms with Crippen molar-refractivity contribution in [3.63, 3.8) is 0 Å². The first-order chi connectivity index (χ1) is 7.19. The Labute approximate surface area is 88.3 Å². The molecule has 1 aliphatic carbocycles. The van der Waals surface area contributed by atoms with E-state index in [1.165, 1.54) is 0 Å². The van der Waals surface area contributed by atoms with E-state index in [2.05, 4.69) is 6.07 Å². The number of benzene rings is 1. The molecule has 0 saturated heterocycles. The molecule has 1 aromatic carbocycles. The number of nitrogens with zero attached hydrogens (tertiary/aromatic N) is 1. The van der Waals surface area contributed by atoms with Gasteiger partial charge in [0, 0.05) is 5.56 Å². The molecule has 0 atom stereocenters. The van der Waals surface area contributed by atoms with Gasteiger partial charge in [0.25, 0.3) is 0 Å². The number of hydrogen-bond donors (Lipinski definition) is 0. The fourth-order valence-electron chi connectivity index (χ4n) is 1.68. The lowest BCUT2D eigenvalue weighted by atomic mass is 10.0. The molecular weight excluding hydrogens is 193 g/mol. The zero-order chi connectivity index (χ0) is 10.9. The second-order valence-corrected chi connectivity index (χ2v) is 3.83. The van der Waals surface area contributed by atoms with Gasteiger partial charge in [-0.05, 0) is 30.5 Å². The molecule has 0 spiro atoms. The Morgan fingerprint density at radius 3 is 2.80 bits per heavy atom. The van der Waals surface area contributed by atoms with E-state index < -0.39 is 5.67 Å². The van der Waals surface area contributed by atoms with Gasteiger partial charge in [0.1, 0.15) is 11.4 Å². The standard InChI is InChI=1S/C12H12FNO/c1-15-11-3-2-10(12(13)5-6-12)8-9(11)4-7-14/h2-3,8H,4-6H2,1H3. The summed E-state index contributed by atoms with van der Waals surface area (Å²) in [4.78, 5) is 0. The van der Waals surface area contributed by atoms with Crippen LogP contribution in [0.5, 0.6) is 5.75 Å². The van der Waals surface area contributed by atoms with Crippen LogP contribution < -0.4 is 4.74 Å². The van der Waals surface area contributed by atoms with Crippen molar-refractivity contribution in [3.8, 4) is 11.8 Å². The Balaban J connectivity index is 2.37. The van der Waals surface area contributed by atoms with Gasteiger partial charge in [0.2, 0.25) is 0 Å². The first-order valence-corrected chi connectivity index (χ1v) is 4.93. The Morgan fingerprint density at radius 2 is 2.27 bits per heavy atom. The third-order valence-corrected chi connectivity index (χ3v) is 2.76. The molecular formula is C12H12FNO. The number of halogens is 1. The summed E-state index contributed by atoms with van der Waals surface area (Å²) in [7, 11) is 1.55. The van der Waals surface area contributed by atoms with Gasteiger partial charge in [-0.3, -0.25) is 0 Å². The van der Waals surface area contributed by atoms with Gasteiger partial charge < -0.3 is 4.74 Å². The van der Waals surface area contributed by atoms with Crippen molar-refractivity contribution in [2.24, 2.45) is 0 Å². The minimum Gasteiger partial charge on any atom is -0.496 e. The molecule has 2 rings (SSSR count). The number of hydrogen-bond acceptors (Lipinski definition) is 2. The molecule has 15 heavy (non-hydrogen) atoms. The predicted octanol–water partition coefficient (Wildman–Crippen LogP) is 2.72. The third-order valence-electron chi connectivity index (χ3n) is 2.76. The number of nitriles is 1. The minimum atomic E-state index is -1.14. The summed E-state index contributed by atoms with van der Waals surface area (Å²) in [5.41, 5.74) is 0.297. The normalized spacial score (nSPS) is 16.9. The summed E-state index contributed by atoms with van der Waals surface area (Å²) in [6.45, 7) is 0. The molecule has 2 nitrogen and oxygen atoms in total. The molecule has 0 N–H and O–H groups in total. The highest BCUT2D eigenvalue weighted by Crippen LogP contribution is 2.50. The smallest absolute Gasteiger partial charge is 0.136 e. The van der Waals surface area contributed by atoms with Crippen LogP contribution in [0.4, 0.5) is 4.39 Å². The van der Waals surface area contributed by atoms with Crippen LogP contribution in [0.3, 0.4) is 0 Å². The van der Waals surface area contributed by atoms with Crippen LogP contribution in [0.2, 0.25) is 0 Å². The average molecular weight is 205 g/mol. The van der Waals surface area contributed by atoms with Crippen LogP contribution in [-0.4, -0.2) is 7.11 Å². The molecule has 1 fully saturated rings. The fraction of sp³-hybridized carbons (Fsp3) is 0.417. The maximum absolute atomic E-state index is 13.8. The summed E-state index contributed by atoms with van der Waals surface area (Å²) < 4.78 is 18.9. The van der Waals surface area contributed by atoms with E-state index in [1.807, 2.05) is 0 Å². The molecule has 3 heteroatoms. The molecule has 0 aliphatic heterocycles. The topological polar surface area (TPSA) is 33.0 Å². The van der Waals surface area contributed by atoms with E-state index in [9.17, 15) is 4.39 Å². The summed E-state index contributed by atoms with van der Waals surface area (Å²) in [6.07, 6.45) is 1.43. The molecule has 0 bridgehead atoms. The lowest BCUT2D eigenvalue weighted by molar-refractivity contribution is 0.316. The Morgan fingerprint density at radius 1 is 1.53 bits per heavy atom.